The average molecular weight is 1250 g/mol. The molecule has 4 heteroatoms. The Morgan fingerprint density at radius 2 is 0.862 bits per heavy atom. The smallest absolute Gasteiger partial charge is 0.366 e. The summed E-state index contributed by atoms with van der Waals surface area (Å²) in [4.78, 5) is 0.222. The molecule has 7 aromatic rings. The number of hydrogen-bond acceptors (Lipinski definition) is 0. The molecule has 2 atom stereocenters. The van der Waals surface area contributed by atoms with E-state index in [0.717, 1.165) is 17.5 Å². The first-order chi connectivity index (χ1) is 30.5. The Balaban J connectivity index is 0.000000168. The van der Waals surface area contributed by atoms with Gasteiger partial charge in [-0.2, -0.15) is 0 Å². The summed E-state index contributed by atoms with van der Waals surface area (Å²) in [6.07, 6.45) is 25.3. The van der Waals surface area contributed by atoms with Crippen molar-refractivity contribution < 1.29 is 44.8 Å². The normalized spacial score (nSPS) is 15.6. The van der Waals surface area contributed by atoms with Gasteiger partial charge in [-0.3, -0.25) is 11.8 Å². The van der Waals surface area contributed by atoms with Gasteiger partial charge in [0.05, 0.1) is 18.9 Å². The molecule has 0 saturated heterocycles. The van der Waals surface area contributed by atoms with Crippen molar-refractivity contribution in [2.45, 2.75) is 69.3 Å². The van der Waals surface area contributed by atoms with Crippen LogP contribution in [0.4, 0.5) is 0 Å². The van der Waals surface area contributed by atoms with Gasteiger partial charge < -0.3 is 12.8 Å². The molecule has 0 radical (unpaired) electrons. The number of rotatable bonds is 6. The van der Waals surface area contributed by atoms with Gasteiger partial charge in [0.25, 0.3) is 0 Å². The monoisotopic (exact) mass is 1240 g/mol. The maximum absolute atomic E-state index is 7.43. The van der Waals surface area contributed by atoms with Gasteiger partial charge in [-0.15, -0.1) is 23.3 Å². The molecule has 0 nitrogen and oxygen atoms in total. The first kappa shape index (κ1) is 49.9. The molecular weight excluding hydrogens is 1190 g/mol. The Hall–Kier alpha value is -4.52. The van der Waals surface area contributed by atoms with Crippen molar-refractivity contribution >= 4 is 31.8 Å². The first-order valence-corrected chi connectivity index (χ1v) is 25.1. The van der Waals surface area contributed by atoms with Gasteiger partial charge in [0.1, 0.15) is 18.5 Å². The third kappa shape index (κ3) is 9.82. The number of allylic oxidation sites excluding steroid dienone is 4. The second-order valence-electron chi connectivity index (χ2n) is 18.2. The number of hydrogen-bond donors (Lipinski definition) is 0. The van der Waals surface area contributed by atoms with Crippen LogP contribution in [0.5, 0.6) is 0 Å². The Morgan fingerprint density at radius 3 is 1.26 bits per heavy atom. The molecule has 0 aromatic heterocycles. The Kier molecular flexibility index (Phi) is 16.4. The molecule has 0 N–H and O–H groups in total. The van der Waals surface area contributed by atoms with Gasteiger partial charge in [-0.05, 0) is 75.9 Å². The molecule has 65 heavy (non-hydrogen) atoms. The van der Waals surface area contributed by atoms with E-state index in [9.17, 15) is 0 Å². The summed E-state index contributed by atoms with van der Waals surface area (Å²) in [6, 6.07) is 63.1. The van der Waals surface area contributed by atoms with E-state index in [1.165, 1.54) is 55.1 Å². The summed E-state index contributed by atoms with van der Waals surface area (Å²) in [5.74, 6) is 5.11. The third-order valence-electron chi connectivity index (χ3n) is 13.3. The minimum atomic E-state index is -0.983. The Labute approximate surface area is 423 Å². The Morgan fingerprint density at radius 1 is 0.477 bits per heavy atom. The van der Waals surface area contributed by atoms with Crippen molar-refractivity contribution in [1.82, 2.24) is 0 Å². The zero-order chi connectivity index (χ0) is 44.2. The maximum Gasteiger partial charge on any atom is 1.00 e. The van der Waals surface area contributed by atoms with E-state index in [1.807, 2.05) is 24.3 Å². The summed E-state index contributed by atoms with van der Waals surface area (Å²) in [6.45, 7) is 14.1. The van der Waals surface area contributed by atoms with E-state index in [1.54, 1.807) is 5.30 Å². The predicted molar refractivity (Wildman–Crippen MR) is 276 cm³/mol. The molecule has 0 heterocycles. The van der Waals surface area contributed by atoms with E-state index >= 15 is 0 Å². The molecule has 3 aliphatic carbocycles. The molecule has 0 spiro atoms. The summed E-state index contributed by atoms with van der Waals surface area (Å²) in [5, 5.41) is 4.59. The van der Waals surface area contributed by atoms with Gasteiger partial charge in [0, 0.05) is 31.1 Å². The van der Waals surface area contributed by atoms with Crippen molar-refractivity contribution in [1.29, 1.82) is 0 Å². The second kappa shape index (κ2) is 21.4. The van der Waals surface area contributed by atoms with Crippen LogP contribution < -0.4 is 15.9 Å². The van der Waals surface area contributed by atoms with E-state index in [0.29, 0.717) is 5.66 Å². The van der Waals surface area contributed by atoms with Crippen LogP contribution in [-0.4, -0.2) is 10.6 Å². The minimum Gasteiger partial charge on any atom is -0.366 e. The second-order valence-corrected chi connectivity index (χ2v) is 25.3. The quantitative estimate of drug-likeness (QED) is 0.0674. The van der Waals surface area contributed by atoms with Crippen LogP contribution in [0.3, 0.4) is 0 Å². The van der Waals surface area contributed by atoms with Crippen LogP contribution in [0, 0.1) is 24.7 Å². The van der Waals surface area contributed by atoms with Gasteiger partial charge in [-0.25, -0.2) is 0 Å². The summed E-state index contributed by atoms with van der Waals surface area (Å²) < 4.78 is 0. The Bertz CT molecular complexity index is 2720. The topological polar surface area (TPSA) is 0 Å². The SMILES string of the molecule is CC(C)([PH+](c1ccccc1)c1ccccc1)[PH+](c1ccccc1)C1C=CC=CC1.[Au+].[Au+].[C-]#Cc1cccc2c1-c1ccccc1C2(C)C.[C-]#Cc1cccc2c1-c1ccccc1C2(C)C. The van der Waals surface area contributed by atoms with Crippen molar-refractivity contribution in [3.8, 4) is 34.1 Å². The minimum absolute atomic E-state index is 0. The van der Waals surface area contributed by atoms with Crippen LogP contribution in [0.2, 0.25) is 0 Å². The molecule has 0 saturated carbocycles. The fourth-order valence-electron chi connectivity index (χ4n) is 10.4. The number of benzene rings is 7. The fourth-order valence-corrected chi connectivity index (χ4v) is 19.5. The van der Waals surface area contributed by atoms with Crippen molar-refractivity contribution in [3.05, 3.63) is 246 Å². The molecular formula is C61H56Au2P2+2. The fraction of sp³-hybridized carbons (Fsp3) is 0.180. The maximum atomic E-state index is 7.43. The predicted octanol–water partition coefficient (Wildman–Crippen LogP) is 13.9. The molecule has 0 aliphatic heterocycles. The molecule has 2 unspecified atom stereocenters. The zero-order valence-electron chi connectivity index (χ0n) is 37.9. The van der Waals surface area contributed by atoms with E-state index in [2.05, 4.69) is 229 Å². The average Bonchev–Trinajstić information content (AvgIpc) is 3.70. The summed E-state index contributed by atoms with van der Waals surface area (Å²) in [7, 11) is -1.87. The molecule has 0 fully saturated rings. The van der Waals surface area contributed by atoms with Crippen LogP contribution in [0.15, 0.2) is 200 Å². The molecule has 0 bridgehead atoms. The third-order valence-corrected chi connectivity index (χ3v) is 21.4. The van der Waals surface area contributed by atoms with Crippen molar-refractivity contribution in [2.75, 3.05) is 0 Å². The van der Waals surface area contributed by atoms with Gasteiger partial charge in [0.15, 0.2) is 4.90 Å². The first-order valence-electron chi connectivity index (χ1n) is 22.1. The van der Waals surface area contributed by atoms with Crippen molar-refractivity contribution in [3.63, 3.8) is 0 Å². The van der Waals surface area contributed by atoms with Crippen LogP contribution in [-0.2, 0) is 55.6 Å². The molecule has 10 rings (SSSR count). The zero-order valence-corrected chi connectivity index (χ0v) is 44.3. The van der Waals surface area contributed by atoms with Crippen LogP contribution in [0.1, 0.15) is 81.3 Å². The van der Waals surface area contributed by atoms with E-state index in [4.69, 9.17) is 12.8 Å². The van der Waals surface area contributed by atoms with Crippen molar-refractivity contribution in [2.24, 2.45) is 0 Å². The standard InChI is InChI=1S/C27H28P2.2C17H13.2Au/c1-27(2,28(23-15-7-3-8-16-23)24-17-9-4-10-18-24)29(25-19-11-5-12-20-25)26-21-13-6-14-22-26;2*1-4-12-8-7-11-15-16(12)13-9-5-6-10-14(13)17(15,2)3;;/h3-21,26H,22H2,1-2H3;2*5-11H,2-3H3;;/q;2*-1;2*+1/p+2. The van der Waals surface area contributed by atoms with Gasteiger partial charge >= 0.3 is 44.8 Å². The largest absolute Gasteiger partial charge is 1.00 e. The van der Waals surface area contributed by atoms with E-state index in [-0.39, 0.29) is 60.5 Å². The van der Waals surface area contributed by atoms with Gasteiger partial charge in [0.2, 0.25) is 0 Å². The number of fused-ring (bicyclic) bond motifs is 6. The van der Waals surface area contributed by atoms with E-state index < -0.39 is 15.8 Å². The van der Waals surface area contributed by atoms with Crippen LogP contribution in [0.25, 0.3) is 22.3 Å². The molecule has 3 aliphatic rings. The summed E-state index contributed by atoms with van der Waals surface area (Å²) >= 11 is 0. The molecule has 0 amide bonds. The molecule has 330 valence electrons. The van der Waals surface area contributed by atoms with Gasteiger partial charge in [-0.1, -0.05) is 184 Å². The van der Waals surface area contributed by atoms with Crippen LogP contribution >= 0.6 is 15.8 Å². The summed E-state index contributed by atoms with van der Waals surface area (Å²) in [5.41, 5.74) is 12.6. The molecule has 7 aromatic carbocycles.